The van der Waals surface area contributed by atoms with Gasteiger partial charge in [0.25, 0.3) is 5.56 Å². The first-order valence-electron chi connectivity index (χ1n) is 5.23. The molecule has 2 aromatic heterocycles. The molecule has 4 heteroatoms. The summed E-state index contributed by atoms with van der Waals surface area (Å²) >= 11 is 5.89. The minimum Gasteiger partial charge on any atom is -0.301 e. The molecule has 0 atom stereocenters. The van der Waals surface area contributed by atoms with Crippen molar-refractivity contribution < 1.29 is 0 Å². The first-order chi connectivity index (χ1) is 8.15. The molecule has 0 aliphatic rings. The highest BCUT2D eigenvalue weighted by atomic mass is 35.5. The van der Waals surface area contributed by atoms with Gasteiger partial charge in [-0.05, 0) is 42.8 Å². The Hall–Kier alpha value is -1.87. The second-order valence-corrected chi connectivity index (χ2v) is 4.45. The van der Waals surface area contributed by atoms with Crippen molar-refractivity contribution in [3.63, 3.8) is 0 Å². The molecule has 0 spiro atoms. The van der Waals surface area contributed by atoms with Crippen LogP contribution in [0.2, 0.25) is 5.02 Å². The third kappa shape index (κ3) is 1.59. The van der Waals surface area contributed by atoms with E-state index in [0.29, 0.717) is 16.1 Å². The topological polar surface area (TPSA) is 34.4 Å². The molecule has 3 rings (SSSR count). The Labute approximate surface area is 102 Å². The summed E-state index contributed by atoms with van der Waals surface area (Å²) in [5.74, 6) is 0. The van der Waals surface area contributed by atoms with Gasteiger partial charge in [0.2, 0.25) is 0 Å². The van der Waals surface area contributed by atoms with Crippen LogP contribution in [-0.2, 0) is 0 Å². The summed E-state index contributed by atoms with van der Waals surface area (Å²) < 4.78 is 1.89. The van der Waals surface area contributed by atoms with E-state index in [0.717, 1.165) is 11.1 Å². The molecule has 0 saturated heterocycles. The molecule has 0 fully saturated rings. The third-order valence-corrected chi connectivity index (χ3v) is 2.99. The van der Waals surface area contributed by atoms with Crippen molar-refractivity contribution in [2.24, 2.45) is 0 Å². The van der Waals surface area contributed by atoms with Gasteiger partial charge in [-0.25, -0.2) is 0 Å². The number of nitrogens with zero attached hydrogens (tertiary/aromatic N) is 2. The molecular weight excluding hydrogens is 236 g/mol. The summed E-state index contributed by atoms with van der Waals surface area (Å²) in [7, 11) is 0. The van der Waals surface area contributed by atoms with Crippen molar-refractivity contribution in [1.29, 1.82) is 0 Å². The maximum atomic E-state index is 11.9. The molecule has 1 aromatic carbocycles. The standard InChI is InChI=1S/C13H9ClN2O/c1-8-4-5-16-11-3-2-9(14)7-10(11)13(17)15-12(16)6-8/h2-7H,1H3. The molecule has 0 aliphatic carbocycles. The molecule has 0 bridgehead atoms. The number of benzene rings is 1. The van der Waals surface area contributed by atoms with Gasteiger partial charge in [-0.15, -0.1) is 0 Å². The van der Waals surface area contributed by atoms with Gasteiger partial charge in [-0.1, -0.05) is 11.6 Å². The van der Waals surface area contributed by atoms with Gasteiger partial charge in [-0.3, -0.25) is 4.79 Å². The van der Waals surface area contributed by atoms with Crippen LogP contribution in [0.5, 0.6) is 0 Å². The summed E-state index contributed by atoms with van der Waals surface area (Å²) in [5.41, 5.74) is 2.31. The van der Waals surface area contributed by atoms with E-state index in [9.17, 15) is 4.79 Å². The molecular formula is C13H9ClN2O. The number of aromatic nitrogens is 2. The van der Waals surface area contributed by atoms with Gasteiger partial charge in [0.15, 0.2) is 0 Å². The van der Waals surface area contributed by atoms with Crippen LogP contribution in [-0.4, -0.2) is 9.38 Å². The lowest BCUT2D eigenvalue weighted by Gasteiger charge is -2.06. The number of halogens is 1. The highest BCUT2D eigenvalue weighted by molar-refractivity contribution is 6.31. The second kappa shape index (κ2) is 3.57. The highest BCUT2D eigenvalue weighted by Gasteiger charge is 2.05. The SMILES string of the molecule is Cc1ccn2c(c1)nc(=O)c1cc(Cl)ccc12. The fourth-order valence-electron chi connectivity index (χ4n) is 1.93. The predicted molar refractivity (Wildman–Crippen MR) is 68.7 cm³/mol. The molecule has 0 N–H and O–H groups in total. The molecule has 0 radical (unpaired) electrons. The summed E-state index contributed by atoms with van der Waals surface area (Å²) in [4.78, 5) is 15.9. The maximum absolute atomic E-state index is 11.9. The number of hydrogen-bond acceptors (Lipinski definition) is 2. The van der Waals surface area contributed by atoms with Crippen LogP contribution in [0.4, 0.5) is 0 Å². The molecule has 0 amide bonds. The van der Waals surface area contributed by atoms with E-state index in [2.05, 4.69) is 4.98 Å². The summed E-state index contributed by atoms with van der Waals surface area (Å²) in [6.07, 6.45) is 1.91. The van der Waals surface area contributed by atoms with Crippen molar-refractivity contribution in [1.82, 2.24) is 9.38 Å². The van der Waals surface area contributed by atoms with Crippen molar-refractivity contribution >= 4 is 28.2 Å². The molecule has 3 nitrogen and oxygen atoms in total. The Kier molecular flexibility index (Phi) is 2.16. The van der Waals surface area contributed by atoms with E-state index in [4.69, 9.17) is 11.6 Å². The number of rotatable bonds is 0. The lowest BCUT2D eigenvalue weighted by atomic mass is 10.2. The van der Waals surface area contributed by atoms with Crippen LogP contribution in [0, 0.1) is 6.92 Å². The smallest absolute Gasteiger partial charge is 0.281 e. The van der Waals surface area contributed by atoms with Crippen LogP contribution in [0.25, 0.3) is 16.6 Å². The zero-order valence-corrected chi connectivity index (χ0v) is 9.90. The minimum atomic E-state index is -0.242. The average molecular weight is 245 g/mol. The number of fused-ring (bicyclic) bond motifs is 3. The molecule has 0 unspecified atom stereocenters. The van der Waals surface area contributed by atoms with Crippen LogP contribution >= 0.6 is 11.6 Å². The summed E-state index contributed by atoms with van der Waals surface area (Å²) in [6.45, 7) is 1.97. The number of aryl methyl sites for hydroxylation is 1. The minimum absolute atomic E-state index is 0.242. The van der Waals surface area contributed by atoms with Gasteiger partial charge >= 0.3 is 0 Å². The van der Waals surface area contributed by atoms with Crippen LogP contribution < -0.4 is 5.56 Å². The molecule has 84 valence electrons. The van der Waals surface area contributed by atoms with Crippen molar-refractivity contribution in [2.75, 3.05) is 0 Å². The summed E-state index contributed by atoms with van der Waals surface area (Å²) in [6, 6.07) is 9.12. The normalized spacial score (nSPS) is 11.2. The number of pyridine rings is 1. The predicted octanol–water partition coefficient (Wildman–Crippen LogP) is 2.81. The quantitative estimate of drug-likeness (QED) is 0.570. The van der Waals surface area contributed by atoms with Gasteiger partial charge < -0.3 is 4.40 Å². The molecule has 3 aromatic rings. The third-order valence-electron chi connectivity index (χ3n) is 2.75. The lowest BCUT2D eigenvalue weighted by molar-refractivity contribution is 1.12. The van der Waals surface area contributed by atoms with Gasteiger partial charge in [0.05, 0.1) is 10.9 Å². The Morgan fingerprint density at radius 2 is 2.06 bits per heavy atom. The van der Waals surface area contributed by atoms with Gasteiger partial charge in [0.1, 0.15) is 5.65 Å². The summed E-state index contributed by atoms with van der Waals surface area (Å²) in [5, 5.41) is 1.09. The first-order valence-corrected chi connectivity index (χ1v) is 5.61. The fraction of sp³-hybridized carbons (Fsp3) is 0.0769. The molecule has 2 heterocycles. The number of hydrogen-bond donors (Lipinski definition) is 0. The van der Waals surface area contributed by atoms with Crippen LogP contribution in [0.1, 0.15) is 5.56 Å². The highest BCUT2D eigenvalue weighted by Crippen LogP contribution is 2.17. The van der Waals surface area contributed by atoms with E-state index < -0.39 is 0 Å². The monoisotopic (exact) mass is 244 g/mol. The average Bonchev–Trinajstić information content (AvgIpc) is 2.29. The fourth-order valence-corrected chi connectivity index (χ4v) is 2.11. The van der Waals surface area contributed by atoms with E-state index in [1.807, 2.05) is 35.7 Å². The Balaban J connectivity index is 2.60. The van der Waals surface area contributed by atoms with E-state index in [1.165, 1.54) is 0 Å². The Morgan fingerprint density at radius 1 is 1.24 bits per heavy atom. The zero-order valence-electron chi connectivity index (χ0n) is 9.14. The van der Waals surface area contributed by atoms with E-state index in [-0.39, 0.29) is 5.56 Å². The van der Waals surface area contributed by atoms with Crippen LogP contribution in [0.3, 0.4) is 0 Å². The second-order valence-electron chi connectivity index (χ2n) is 4.01. The maximum Gasteiger partial charge on any atom is 0.281 e. The van der Waals surface area contributed by atoms with Gasteiger partial charge in [-0.2, -0.15) is 4.98 Å². The lowest BCUT2D eigenvalue weighted by Crippen LogP contribution is -2.10. The van der Waals surface area contributed by atoms with E-state index in [1.54, 1.807) is 12.1 Å². The van der Waals surface area contributed by atoms with Gasteiger partial charge in [0, 0.05) is 11.2 Å². The zero-order chi connectivity index (χ0) is 12.0. The van der Waals surface area contributed by atoms with Crippen molar-refractivity contribution in [3.8, 4) is 0 Å². The Morgan fingerprint density at radius 3 is 2.88 bits per heavy atom. The van der Waals surface area contributed by atoms with E-state index >= 15 is 0 Å². The molecule has 0 aliphatic heterocycles. The molecule has 0 saturated carbocycles. The van der Waals surface area contributed by atoms with Crippen LogP contribution in [0.15, 0.2) is 41.3 Å². The largest absolute Gasteiger partial charge is 0.301 e. The molecule has 17 heavy (non-hydrogen) atoms. The van der Waals surface area contributed by atoms with Crippen molar-refractivity contribution in [3.05, 3.63) is 57.5 Å². The first kappa shape index (κ1) is 10.3. The van der Waals surface area contributed by atoms with Crippen molar-refractivity contribution in [2.45, 2.75) is 6.92 Å². The Bertz CT molecular complexity index is 792.